The maximum Gasteiger partial charge on any atom is 0.176 e. The Morgan fingerprint density at radius 2 is 0.478 bits per heavy atom. The lowest BCUT2D eigenvalue weighted by Crippen LogP contribution is -2.71. The van der Waals surface area contributed by atoms with Crippen molar-refractivity contribution in [2.45, 2.75) is 184 Å². The zero-order chi connectivity index (χ0) is 49.3. The van der Waals surface area contributed by atoms with Gasteiger partial charge in [-0.2, -0.15) is 0 Å². The maximum atomic E-state index is 11.4. The van der Waals surface area contributed by atoms with E-state index in [2.05, 4.69) is 0 Å². The topological polar surface area (TPSA) is 541 Å². The molecule has 6 aliphatic heterocycles. The van der Waals surface area contributed by atoms with E-state index in [0.29, 0.717) is 0 Å². The summed E-state index contributed by atoms with van der Waals surface area (Å²) in [6.07, 6.45) is -37.6. The smallest absolute Gasteiger partial charge is 0.176 e. The Bertz CT molecular complexity index is 1520. The van der Waals surface area contributed by atoms with Crippen LogP contribution in [0.25, 0.3) is 0 Å². The molecule has 0 radical (unpaired) electrons. The highest BCUT2D eigenvalue weighted by Crippen LogP contribution is 2.35. The minimum absolute atomic E-state index is 0.728. The van der Waals surface area contributed by atoms with Crippen molar-refractivity contribution in [3.63, 3.8) is 0 Å². The van der Waals surface area contributed by atoms with Crippen LogP contribution in [0.3, 0.4) is 0 Å². The van der Waals surface area contributed by atoms with Crippen LogP contribution < -0.4 is 34.4 Å². The third kappa shape index (κ3) is 11.2. The van der Waals surface area contributed by atoms with Crippen molar-refractivity contribution in [1.29, 1.82) is 0 Å². The lowest BCUT2D eigenvalue weighted by molar-refractivity contribution is -0.367. The van der Waals surface area contributed by atoms with Gasteiger partial charge in [-0.05, 0) is 0 Å². The first-order valence-electron chi connectivity index (χ1n) is 21.6. The fourth-order valence-electron chi connectivity index (χ4n) is 8.78. The predicted octanol–water partition coefficient (Wildman–Crippen LogP) is -14.3. The largest absolute Gasteiger partial charge is 0.394 e. The van der Waals surface area contributed by atoms with Gasteiger partial charge < -0.3 is 158 Å². The van der Waals surface area contributed by atoms with Crippen LogP contribution in [-0.2, 0) is 52.1 Å². The Kier molecular flexibility index (Phi) is 19.4. The normalized spacial score (nSPS) is 53.4. The van der Waals surface area contributed by atoms with Crippen LogP contribution in [0.5, 0.6) is 0 Å². The molecule has 6 saturated heterocycles. The Labute approximate surface area is 381 Å². The van der Waals surface area contributed by atoms with Crippen LogP contribution in [0, 0.1) is 0 Å². The van der Waals surface area contributed by atoms with Crippen molar-refractivity contribution in [3.8, 4) is 0 Å². The summed E-state index contributed by atoms with van der Waals surface area (Å²) in [7, 11) is 0. The molecule has 0 saturated carbocycles. The average Bonchev–Trinajstić information content (AvgIpc) is 3.32. The number of aliphatic hydroxyl groups excluding tert-OH is 14. The molecule has 0 aromatic heterocycles. The van der Waals surface area contributed by atoms with E-state index in [4.69, 9.17) is 86.5 Å². The quantitative estimate of drug-likeness (QED) is 0.0683. The van der Waals surface area contributed by atoms with Crippen molar-refractivity contribution in [3.05, 3.63) is 0 Å². The first kappa shape index (κ1) is 55.1. The van der Waals surface area contributed by atoms with E-state index in [9.17, 15) is 71.5 Å². The molecule has 31 nitrogen and oxygen atoms in total. The Hall–Kier alpha value is -1.24. The standard InChI is InChI=1S/C36H68N6O25/c37-13-21(51)26(8(2-44)57-31(13)56)63-33-15(39)23(53)28(10(4-46)59-33)65-35-17(41)25(55)30(12(6-48)61-35)67-36-18(42)24(54)29(11(5-47)62-36)66-34-16(40)22(52)27(9(3-45)60-34)64-32-14(38)20(50)19(49)7(1-43)58-32/h7-36,43-56H,1-6,37-42H2/t7-,8-,9-,10-,11-,12-,13-,14-,15-,16-,17-,18-,19-,20-,21-,22-,23-,24-,25-,26-,27-,28-,29-,30-,31-,32+,33+,34+,35+,36+/m1/s1. The van der Waals surface area contributed by atoms with Crippen molar-refractivity contribution < 1.29 is 124 Å². The first-order chi connectivity index (χ1) is 31.8. The molecule has 0 aromatic carbocycles. The molecule has 0 spiro atoms. The lowest BCUT2D eigenvalue weighted by atomic mass is 9.93. The van der Waals surface area contributed by atoms with Gasteiger partial charge in [-0.25, -0.2) is 0 Å². The molecular weight excluding hydrogens is 916 g/mol. The second kappa shape index (κ2) is 23.5. The monoisotopic (exact) mass is 984 g/mol. The van der Waals surface area contributed by atoms with E-state index in [1.807, 2.05) is 0 Å². The highest BCUT2D eigenvalue weighted by atomic mass is 16.8. The third-order valence-corrected chi connectivity index (χ3v) is 12.9. The van der Waals surface area contributed by atoms with E-state index in [-0.39, 0.29) is 0 Å². The summed E-state index contributed by atoms with van der Waals surface area (Å²) in [6, 6.07) is -8.85. The molecule has 0 unspecified atom stereocenters. The van der Waals surface area contributed by atoms with Crippen molar-refractivity contribution in [1.82, 2.24) is 0 Å². The molecule has 6 fully saturated rings. The van der Waals surface area contributed by atoms with Crippen LogP contribution in [0.2, 0.25) is 0 Å². The van der Waals surface area contributed by atoms with Gasteiger partial charge in [0.1, 0.15) is 110 Å². The van der Waals surface area contributed by atoms with Crippen LogP contribution in [0.15, 0.2) is 0 Å². The fraction of sp³-hybridized carbons (Fsp3) is 1.00. The maximum absolute atomic E-state index is 11.4. The van der Waals surface area contributed by atoms with Gasteiger partial charge in [-0.15, -0.1) is 0 Å². The molecule has 0 aliphatic carbocycles. The molecule has 0 amide bonds. The molecule has 26 N–H and O–H groups in total. The summed E-state index contributed by atoms with van der Waals surface area (Å²) in [5.41, 5.74) is 36.9. The Morgan fingerprint density at radius 1 is 0.269 bits per heavy atom. The van der Waals surface area contributed by atoms with Crippen LogP contribution in [0.4, 0.5) is 0 Å². The highest BCUT2D eigenvalue weighted by molar-refractivity contribution is 5.02. The summed E-state index contributed by atoms with van der Waals surface area (Å²) < 4.78 is 63.1. The first-order valence-corrected chi connectivity index (χ1v) is 21.6. The fourth-order valence-corrected chi connectivity index (χ4v) is 8.78. The molecule has 6 rings (SSSR count). The van der Waals surface area contributed by atoms with Crippen molar-refractivity contribution >= 4 is 0 Å². The summed E-state index contributed by atoms with van der Waals surface area (Å²) in [5, 5.41) is 147. The Balaban J connectivity index is 1.07. The Morgan fingerprint density at radius 3 is 0.731 bits per heavy atom. The van der Waals surface area contributed by atoms with Gasteiger partial charge in [0.2, 0.25) is 0 Å². The number of ether oxygens (including phenoxy) is 11. The van der Waals surface area contributed by atoms with Gasteiger partial charge in [0, 0.05) is 0 Å². The van der Waals surface area contributed by atoms with Gasteiger partial charge in [-0.1, -0.05) is 0 Å². The van der Waals surface area contributed by atoms with E-state index in [0.717, 1.165) is 0 Å². The number of rotatable bonds is 16. The molecule has 6 heterocycles. The van der Waals surface area contributed by atoms with E-state index in [1.165, 1.54) is 0 Å². The van der Waals surface area contributed by atoms with E-state index < -0.39 is 224 Å². The van der Waals surface area contributed by atoms with Gasteiger partial charge in [0.15, 0.2) is 37.7 Å². The van der Waals surface area contributed by atoms with Crippen LogP contribution in [0.1, 0.15) is 0 Å². The number of aliphatic hydroxyl groups is 14. The van der Waals surface area contributed by atoms with Crippen LogP contribution in [-0.4, -0.2) is 295 Å². The minimum Gasteiger partial charge on any atom is -0.394 e. The zero-order valence-corrected chi connectivity index (χ0v) is 35.8. The van der Waals surface area contributed by atoms with Gasteiger partial charge in [0.05, 0.1) is 75.9 Å². The minimum atomic E-state index is -1.79. The average molecular weight is 985 g/mol. The lowest BCUT2D eigenvalue weighted by Gasteiger charge is -2.50. The van der Waals surface area contributed by atoms with Crippen molar-refractivity contribution in [2.75, 3.05) is 39.6 Å². The third-order valence-electron chi connectivity index (χ3n) is 12.9. The molecular formula is C36H68N6O25. The van der Waals surface area contributed by atoms with Gasteiger partial charge in [-0.3, -0.25) is 0 Å². The molecule has 31 heteroatoms. The summed E-state index contributed by atoms with van der Waals surface area (Å²) in [6.45, 7) is -4.85. The molecule has 6 aliphatic rings. The molecule has 30 atom stereocenters. The van der Waals surface area contributed by atoms with E-state index >= 15 is 0 Å². The summed E-state index contributed by atoms with van der Waals surface area (Å²) in [4.78, 5) is 0. The summed E-state index contributed by atoms with van der Waals surface area (Å²) >= 11 is 0. The number of hydrogen-bond acceptors (Lipinski definition) is 31. The SMILES string of the molecule is N[C@@H]1[C@@H](O)[C@H](O[C@@H]2O[C@H](CO)[C@@H](O[C@@H]3O[C@H](CO)[C@@H](O[C@@H]4O[C@H](CO)[C@@H](O[C@@H]5O[C@H](CO)[C@@H](O[C@@H]6O[C@H](CO)[C@@H](O)[C@H](O)[C@H]6N)[C@H](O)[C@H]5N)[C@H](O)[C@H]4N)[C@H](O)[C@H]3N)[C@H](O)[C@H]2N)[C@@H](CO)O[C@H]1O. The molecule has 0 bridgehead atoms. The van der Waals surface area contributed by atoms with Crippen molar-refractivity contribution in [2.24, 2.45) is 34.4 Å². The second-order valence-corrected chi connectivity index (χ2v) is 17.3. The highest BCUT2D eigenvalue weighted by Gasteiger charge is 2.56. The molecule has 67 heavy (non-hydrogen) atoms. The zero-order valence-electron chi connectivity index (χ0n) is 35.8. The second-order valence-electron chi connectivity index (χ2n) is 17.3. The number of hydrogen-bond donors (Lipinski definition) is 20. The van der Waals surface area contributed by atoms with Crippen LogP contribution >= 0.6 is 0 Å². The molecule has 392 valence electrons. The molecule has 0 aromatic rings. The van der Waals surface area contributed by atoms with E-state index in [1.54, 1.807) is 0 Å². The predicted molar refractivity (Wildman–Crippen MR) is 211 cm³/mol. The summed E-state index contributed by atoms with van der Waals surface area (Å²) in [5.74, 6) is 0. The number of nitrogens with two attached hydrogens (primary N) is 6. The van der Waals surface area contributed by atoms with Gasteiger partial charge in [0.25, 0.3) is 0 Å². The van der Waals surface area contributed by atoms with Gasteiger partial charge >= 0.3 is 0 Å².